The van der Waals surface area contributed by atoms with Gasteiger partial charge in [-0.1, -0.05) is 29.8 Å². The van der Waals surface area contributed by atoms with Crippen LogP contribution in [0.15, 0.2) is 24.3 Å². The summed E-state index contributed by atoms with van der Waals surface area (Å²) in [6.07, 6.45) is -2.41. The second kappa shape index (κ2) is 5.22. The molecule has 5 heteroatoms. The molecule has 19 heavy (non-hydrogen) atoms. The molecule has 0 aliphatic carbocycles. The zero-order chi connectivity index (χ0) is 17.5. The number of nitrogens with zero attached hydrogens (tertiary/aromatic N) is 2. The summed E-state index contributed by atoms with van der Waals surface area (Å²) in [4.78, 5) is 12.4. The number of aromatic amines is 1. The number of carbonyl (C=O) groups is 1. The van der Waals surface area contributed by atoms with E-state index in [-0.39, 0.29) is 17.9 Å². The molecule has 98 valence electrons. The summed E-state index contributed by atoms with van der Waals surface area (Å²) >= 11 is 0. The quantitative estimate of drug-likeness (QED) is 0.765. The van der Waals surface area contributed by atoms with E-state index in [0.717, 1.165) is 5.56 Å². The van der Waals surface area contributed by atoms with Crippen LogP contribution in [0.3, 0.4) is 0 Å². The number of rotatable bonds is 0. The van der Waals surface area contributed by atoms with Crippen molar-refractivity contribution in [3.8, 4) is 11.3 Å². The largest absolute Gasteiger partial charge is 0.307 e. The molecule has 1 unspecified atom stereocenters. The minimum absolute atomic E-state index is 0.137. The first-order chi connectivity index (χ1) is 11.3. The Balaban J connectivity index is 2.17. The van der Waals surface area contributed by atoms with Crippen molar-refractivity contribution >= 4 is 11.7 Å². The number of amides is 1. The van der Waals surface area contributed by atoms with Crippen LogP contribution in [-0.4, -0.2) is 21.3 Å². The lowest BCUT2D eigenvalue weighted by Gasteiger charge is -2.08. The van der Waals surface area contributed by atoms with Gasteiger partial charge in [-0.25, -0.2) is 0 Å². The molecular formula is C14H16N4O. The normalized spacial score (nSPS) is 26.7. The lowest BCUT2D eigenvalue weighted by Crippen LogP contribution is -2.12. The monoisotopic (exact) mass is 261 g/mol. The molecule has 1 aliphatic rings. The molecule has 1 atom stereocenters. The molecule has 5 nitrogen and oxygen atoms in total. The molecule has 0 spiro atoms. The molecule has 2 aromatic rings. The van der Waals surface area contributed by atoms with Crippen molar-refractivity contribution in [1.82, 2.24) is 15.4 Å². The zero-order valence-electron chi connectivity index (χ0n) is 15.2. The maximum atomic E-state index is 12.4. The van der Waals surface area contributed by atoms with Gasteiger partial charge in [-0.05, 0) is 30.9 Å². The summed E-state index contributed by atoms with van der Waals surface area (Å²) in [7, 11) is 0. The second-order valence-electron chi connectivity index (χ2n) is 4.32. The van der Waals surface area contributed by atoms with Crippen molar-refractivity contribution in [3.05, 3.63) is 29.8 Å². The zero-order valence-corrected chi connectivity index (χ0v) is 10.2. The number of hydrogen-bond donors (Lipinski definition) is 2. The van der Waals surface area contributed by atoms with Crippen LogP contribution < -0.4 is 5.31 Å². The van der Waals surface area contributed by atoms with Gasteiger partial charge in [-0.15, -0.1) is 5.10 Å². The summed E-state index contributed by atoms with van der Waals surface area (Å²) in [6, 6.07) is 7.27. The molecule has 1 amide bonds. The van der Waals surface area contributed by atoms with Crippen molar-refractivity contribution in [2.45, 2.75) is 32.0 Å². The van der Waals surface area contributed by atoms with E-state index in [1.807, 2.05) is 12.1 Å². The predicted molar refractivity (Wildman–Crippen MR) is 72.6 cm³/mol. The SMILES string of the molecule is [2H]C1CCCc2cccc(c2)-c2c(nnn2[2H])N([2H])C(=O)C1([2H])[2H]. The lowest BCUT2D eigenvalue weighted by atomic mass is 10.0. The first-order valence-electron chi connectivity index (χ1n) is 8.59. The topological polar surface area (TPSA) is 70.7 Å². The minimum atomic E-state index is -2.52. The van der Waals surface area contributed by atoms with Gasteiger partial charge in [0.15, 0.2) is 8.64 Å². The van der Waals surface area contributed by atoms with Crippen LogP contribution in [0.5, 0.6) is 0 Å². The molecular weight excluding hydrogens is 240 g/mol. The molecule has 0 saturated heterocycles. The van der Waals surface area contributed by atoms with E-state index < -0.39 is 18.7 Å². The average Bonchev–Trinajstić information content (AvgIpc) is 2.94. The van der Waals surface area contributed by atoms with Gasteiger partial charge < -0.3 is 5.31 Å². The fraction of sp³-hybridized carbons (Fsp3) is 0.357. The van der Waals surface area contributed by atoms with Crippen molar-refractivity contribution in [2.24, 2.45) is 0 Å². The van der Waals surface area contributed by atoms with E-state index in [9.17, 15) is 4.79 Å². The summed E-state index contributed by atoms with van der Waals surface area (Å²) in [6.45, 7) is 0. The van der Waals surface area contributed by atoms with E-state index in [2.05, 4.69) is 10.3 Å². The summed E-state index contributed by atoms with van der Waals surface area (Å²) < 4.78 is 39.6. The van der Waals surface area contributed by atoms with Gasteiger partial charge in [0.05, 0.1) is 0 Å². The Morgan fingerprint density at radius 1 is 1.37 bits per heavy atom. The van der Waals surface area contributed by atoms with Crippen LogP contribution in [0.25, 0.3) is 11.3 Å². The number of benzene rings is 1. The molecule has 1 aromatic heterocycles. The van der Waals surface area contributed by atoms with Gasteiger partial charge in [0, 0.05) is 16.0 Å². The van der Waals surface area contributed by atoms with E-state index >= 15 is 0 Å². The fourth-order valence-corrected chi connectivity index (χ4v) is 2.03. The Kier molecular flexibility index (Phi) is 2.04. The Hall–Kier alpha value is -2.17. The van der Waals surface area contributed by atoms with Crippen molar-refractivity contribution in [2.75, 3.05) is 5.31 Å². The van der Waals surface area contributed by atoms with Gasteiger partial charge in [-0.2, -0.15) is 0 Å². The third-order valence-corrected chi connectivity index (χ3v) is 2.94. The number of H-pyrrole nitrogens is 1. The number of aromatic nitrogens is 3. The predicted octanol–water partition coefficient (Wildman–Crippen LogP) is 2.53. The van der Waals surface area contributed by atoms with Crippen molar-refractivity contribution in [1.29, 1.82) is 0 Å². The van der Waals surface area contributed by atoms with Crippen LogP contribution in [0, 0.1) is 0 Å². The Labute approximate surface area is 118 Å². The first-order valence-corrected chi connectivity index (χ1v) is 6.12. The Bertz CT molecular complexity index is 778. The smallest absolute Gasteiger partial charge is 0.225 e. The summed E-state index contributed by atoms with van der Waals surface area (Å²) in [5.41, 5.74) is 1.69. The number of fused-ring (bicyclic) bond motifs is 4. The fourth-order valence-electron chi connectivity index (χ4n) is 2.03. The van der Waals surface area contributed by atoms with Crippen molar-refractivity contribution in [3.63, 3.8) is 0 Å². The average molecular weight is 261 g/mol. The first kappa shape index (κ1) is 7.43. The summed E-state index contributed by atoms with van der Waals surface area (Å²) in [5, 5.41) is 8.24. The standard InChI is InChI=1S/C14H16N4O/c19-12-8-3-1-2-5-10-6-4-7-11(9-10)13-14(15-12)17-18-16-13/h4,6-7,9H,1-3,5,8H2,(H2,15,16,17,18,19)/i3D,8D2/hD2. The van der Waals surface area contributed by atoms with E-state index in [4.69, 9.17) is 6.94 Å². The molecule has 2 heterocycles. The number of aryl methyl sites for hydroxylation is 1. The molecule has 1 aromatic carbocycles. The maximum absolute atomic E-state index is 12.4. The molecule has 2 N–H and O–H groups in total. The maximum Gasteiger partial charge on any atom is 0.225 e. The number of nitrogens with one attached hydrogen (secondary N) is 2. The van der Waals surface area contributed by atoms with Crippen molar-refractivity contribution < 1.29 is 11.7 Å². The van der Waals surface area contributed by atoms with Gasteiger partial charge in [0.2, 0.25) is 5.91 Å². The van der Waals surface area contributed by atoms with Gasteiger partial charge >= 0.3 is 0 Å². The third kappa shape index (κ3) is 2.65. The van der Waals surface area contributed by atoms with Crippen LogP contribution in [0.4, 0.5) is 5.82 Å². The number of hydrogen-bond acceptors (Lipinski definition) is 3. The molecule has 0 saturated carbocycles. The second-order valence-corrected chi connectivity index (χ2v) is 4.32. The van der Waals surface area contributed by atoms with Crippen LogP contribution in [0.2, 0.25) is 2.82 Å². The lowest BCUT2D eigenvalue weighted by molar-refractivity contribution is -0.116. The van der Waals surface area contributed by atoms with E-state index in [1.165, 1.54) is 0 Å². The van der Waals surface area contributed by atoms with Gasteiger partial charge in [0.1, 0.15) is 5.69 Å². The van der Waals surface area contributed by atoms with Gasteiger partial charge in [0.25, 0.3) is 0 Å². The van der Waals surface area contributed by atoms with E-state index in [1.54, 1.807) is 12.1 Å². The minimum Gasteiger partial charge on any atom is -0.307 e. The molecule has 0 radical (unpaired) electrons. The Morgan fingerprint density at radius 3 is 3.26 bits per heavy atom. The highest BCUT2D eigenvalue weighted by molar-refractivity contribution is 5.93. The van der Waals surface area contributed by atoms with Gasteiger partial charge in [-0.3, -0.25) is 9.89 Å². The molecule has 2 bridgehead atoms. The number of anilines is 1. The van der Waals surface area contributed by atoms with Crippen LogP contribution in [0.1, 0.15) is 35.3 Å². The number of carbonyl (C=O) groups excluding carboxylic acids is 1. The van der Waals surface area contributed by atoms with E-state index in [0.29, 0.717) is 28.8 Å². The van der Waals surface area contributed by atoms with Crippen LogP contribution in [-0.2, 0) is 11.2 Å². The molecule has 0 fully saturated rings. The Morgan fingerprint density at radius 2 is 2.32 bits per heavy atom. The highest BCUT2D eigenvalue weighted by Gasteiger charge is 2.13. The highest BCUT2D eigenvalue weighted by atomic mass is 16.1. The third-order valence-electron chi connectivity index (χ3n) is 2.94. The highest BCUT2D eigenvalue weighted by Crippen LogP contribution is 2.25. The molecule has 3 rings (SSSR count). The summed E-state index contributed by atoms with van der Waals surface area (Å²) in [5.74, 6) is -1.40. The van der Waals surface area contributed by atoms with Crippen LogP contribution >= 0.6 is 0 Å². The molecule has 1 aliphatic heterocycles.